The molecule has 0 N–H and O–H groups in total. The molecule has 1 heterocycles. The van der Waals surface area contributed by atoms with Gasteiger partial charge < -0.3 is 0 Å². The summed E-state index contributed by atoms with van der Waals surface area (Å²) in [6, 6.07) is 5.42. The smallest absolute Gasteiger partial charge is 0.207 e. The maximum absolute atomic E-state index is 12.6. The van der Waals surface area contributed by atoms with E-state index in [4.69, 9.17) is 10.7 Å². The minimum Gasteiger partial charge on any atom is -0.207 e. The van der Waals surface area contributed by atoms with Crippen LogP contribution in [0.3, 0.4) is 0 Å². The minimum atomic E-state index is -4.11. The van der Waals surface area contributed by atoms with Gasteiger partial charge in [-0.3, -0.25) is 0 Å². The molecule has 0 aromatic heterocycles. The van der Waals surface area contributed by atoms with Crippen LogP contribution in [0, 0.1) is 11.8 Å². The van der Waals surface area contributed by atoms with Crippen molar-refractivity contribution in [2.45, 2.75) is 23.6 Å². The normalized spacial score (nSPS) is 24.9. The van der Waals surface area contributed by atoms with Crippen molar-refractivity contribution in [2.75, 3.05) is 13.1 Å². The second-order valence-corrected chi connectivity index (χ2v) is 9.60. The van der Waals surface area contributed by atoms with Crippen LogP contribution in [-0.4, -0.2) is 34.2 Å². The lowest BCUT2D eigenvalue weighted by molar-refractivity contribution is 0.461. The lowest BCUT2D eigenvalue weighted by atomic mass is 10.0. The van der Waals surface area contributed by atoms with E-state index in [0.29, 0.717) is 13.1 Å². The molecule has 1 aliphatic rings. The minimum absolute atomic E-state index is 0.240. The topological polar surface area (TPSA) is 71.5 Å². The summed E-state index contributed by atoms with van der Waals surface area (Å²) in [6.45, 7) is 4.73. The second-order valence-electron chi connectivity index (χ2n) is 5.16. The maximum atomic E-state index is 12.6. The number of rotatable bonds is 3. The van der Waals surface area contributed by atoms with Crippen molar-refractivity contribution >= 4 is 29.8 Å². The van der Waals surface area contributed by atoms with E-state index in [-0.39, 0.29) is 21.6 Å². The summed E-state index contributed by atoms with van der Waals surface area (Å²) in [6.07, 6.45) is 0. The molecule has 1 aromatic carbocycles. The highest BCUT2D eigenvalue weighted by Crippen LogP contribution is 2.31. The van der Waals surface area contributed by atoms with Crippen molar-refractivity contribution in [3.05, 3.63) is 24.3 Å². The Bertz CT molecular complexity index is 705. The Hall–Kier alpha value is -0.630. The molecule has 1 fully saturated rings. The third-order valence-corrected chi connectivity index (χ3v) is 7.08. The first-order valence-corrected chi connectivity index (χ1v) is 9.93. The molecule has 0 aliphatic carbocycles. The Kier molecular flexibility index (Phi) is 4.17. The number of hydrogen-bond donors (Lipinski definition) is 0. The Morgan fingerprint density at radius 3 is 1.90 bits per heavy atom. The Morgan fingerprint density at radius 1 is 1.00 bits per heavy atom. The van der Waals surface area contributed by atoms with Crippen LogP contribution in [0.15, 0.2) is 34.1 Å². The van der Waals surface area contributed by atoms with Crippen molar-refractivity contribution in [3.63, 3.8) is 0 Å². The molecule has 0 spiro atoms. The molecule has 0 saturated carbocycles. The van der Waals surface area contributed by atoms with E-state index < -0.39 is 19.1 Å². The lowest BCUT2D eigenvalue weighted by Crippen LogP contribution is -2.30. The molecule has 0 amide bonds. The highest BCUT2D eigenvalue weighted by molar-refractivity contribution is 8.14. The lowest BCUT2D eigenvalue weighted by Gasteiger charge is -2.17. The van der Waals surface area contributed by atoms with Gasteiger partial charge in [-0.15, -0.1) is 0 Å². The molecule has 1 aliphatic heterocycles. The van der Waals surface area contributed by atoms with Crippen molar-refractivity contribution < 1.29 is 16.8 Å². The third-order valence-electron chi connectivity index (χ3n) is 3.68. The molecular formula is C12H16ClNO4S2. The number of sulfonamides is 1. The predicted octanol–water partition coefficient (Wildman–Crippen LogP) is 1.89. The van der Waals surface area contributed by atoms with Gasteiger partial charge in [0.25, 0.3) is 9.05 Å². The first kappa shape index (κ1) is 15.8. The SMILES string of the molecule is CC1CN(S(=O)(=O)c2ccccc2S(=O)(=O)Cl)CC1C. The average molecular weight is 338 g/mol. The standard InChI is InChI=1S/C12H16ClNO4S2/c1-9-7-14(8-10(9)2)20(17,18)12-6-4-3-5-11(12)19(13,15)16/h3-6,9-10H,7-8H2,1-2H3. The van der Waals surface area contributed by atoms with Gasteiger partial charge in [0, 0.05) is 23.8 Å². The summed E-state index contributed by atoms with van der Waals surface area (Å²) in [4.78, 5) is -0.620. The van der Waals surface area contributed by atoms with Crippen LogP contribution in [0.4, 0.5) is 0 Å². The van der Waals surface area contributed by atoms with E-state index in [1.165, 1.54) is 28.6 Å². The van der Waals surface area contributed by atoms with Crippen LogP contribution in [-0.2, 0) is 19.1 Å². The first-order chi connectivity index (χ1) is 9.14. The fraction of sp³-hybridized carbons (Fsp3) is 0.500. The molecule has 0 bridgehead atoms. The number of nitrogens with zero attached hydrogens (tertiary/aromatic N) is 1. The summed E-state index contributed by atoms with van der Waals surface area (Å²) in [5.41, 5.74) is 0. The van der Waals surface area contributed by atoms with Crippen LogP contribution in [0.1, 0.15) is 13.8 Å². The van der Waals surface area contributed by atoms with E-state index in [9.17, 15) is 16.8 Å². The van der Waals surface area contributed by atoms with Crippen molar-refractivity contribution in [2.24, 2.45) is 11.8 Å². The molecule has 5 nitrogen and oxygen atoms in total. The third kappa shape index (κ3) is 2.86. The highest BCUT2D eigenvalue weighted by atomic mass is 35.7. The first-order valence-electron chi connectivity index (χ1n) is 6.18. The Balaban J connectivity index is 2.52. The molecule has 2 rings (SSSR count). The van der Waals surface area contributed by atoms with E-state index in [1.807, 2.05) is 13.8 Å². The molecular weight excluding hydrogens is 322 g/mol. The van der Waals surface area contributed by atoms with Crippen molar-refractivity contribution in [3.8, 4) is 0 Å². The zero-order valence-corrected chi connectivity index (χ0v) is 13.5. The number of benzene rings is 1. The van der Waals surface area contributed by atoms with Gasteiger partial charge in [-0.1, -0.05) is 26.0 Å². The highest BCUT2D eigenvalue weighted by Gasteiger charge is 2.37. The van der Waals surface area contributed by atoms with Crippen LogP contribution in [0.25, 0.3) is 0 Å². The molecule has 2 atom stereocenters. The van der Waals surface area contributed by atoms with Crippen LogP contribution in [0.2, 0.25) is 0 Å². The Morgan fingerprint density at radius 2 is 1.45 bits per heavy atom. The fourth-order valence-corrected chi connectivity index (χ4v) is 5.73. The summed E-state index contributed by atoms with van der Waals surface area (Å²) in [7, 11) is -2.63. The predicted molar refractivity (Wildman–Crippen MR) is 76.6 cm³/mol. The van der Waals surface area contributed by atoms with Gasteiger partial charge in [0.05, 0.1) is 0 Å². The molecule has 112 valence electrons. The van der Waals surface area contributed by atoms with Gasteiger partial charge in [0.1, 0.15) is 9.79 Å². The average Bonchev–Trinajstić information content (AvgIpc) is 2.69. The fourth-order valence-electron chi connectivity index (χ4n) is 2.28. The van der Waals surface area contributed by atoms with Gasteiger partial charge >= 0.3 is 0 Å². The molecule has 0 radical (unpaired) electrons. The number of hydrogen-bond acceptors (Lipinski definition) is 4. The Labute approximate surface area is 124 Å². The quantitative estimate of drug-likeness (QED) is 0.790. The molecule has 20 heavy (non-hydrogen) atoms. The zero-order chi connectivity index (χ0) is 15.1. The van der Waals surface area contributed by atoms with Gasteiger partial charge in [0.15, 0.2) is 0 Å². The monoisotopic (exact) mass is 337 g/mol. The van der Waals surface area contributed by atoms with Gasteiger partial charge in [-0.05, 0) is 24.0 Å². The summed E-state index contributed by atoms with van der Waals surface area (Å²) in [5.74, 6) is 0.481. The summed E-state index contributed by atoms with van der Waals surface area (Å²) in [5, 5.41) is 0. The summed E-state index contributed by atoms with van der Waals surface area (Å²) >= 11 is 0. The molecule has 1 aromatic rings. The molecule has 8 heteroatoms. The van der Waals surface area contributed by atoms with Crippen molar-refractivity contribution in [1.82, 2.24) is 4.31 Å². The van der Waals surface area contributed by atoms with E-state index in [0.717, 1.165) is 0 Å². The van der Waals surface area contributed by atoms with Crippen LogP contribution in [0.5, 0.6) is 0 Å². The zero-order valence-electron chi connectivity index (χ0n) is 11.2. The van der Waals surface area contributed by atoms with Gasteiger partial charge in [-0.2, -0.15) is 4.31 Å². The molecule has 1 saturated heterocycles. The largest absolute Gasteiger partial charge is 0.262 e. The second kappa shape index (κ2) is 5.29. The van der Waals surface area contributed by atoms with Gasteiger partial charge in [0.2, 0.25) is 10.0 Å². The van der Waals surface area contributed by atoms with E-state index in [2.05, 4.69) is 0 Å². The van der Waals surface area contributed by atoms with Gasteiger partial charge in [-0.25, -0.2) is 16.8 Å². The summed E-state index contributed by atoms with van der Waals surface area (Å²) < 4.78 is 49.6. The van der Waals surface area contributed by atoms with Crippen molar-refractivity contribution in [1.29, 1.82) is 0 Å². The van der Waals surface area contributed by atoms with Crippen LogP contribution < -0.4 is 0 Å². The van der Waals surface area contributed by atoms with E-state index in [1.54, 1.807) is 0 Å². The number of halogens is 1. The van der Waals surface area contributed by atoms with E-state index >= 15 is 0 Å². The molecule has 2 unspecified atom stereocenters. The maximum Gasteiger partial charge on any atom is 0.262 e. The van der Waals surface area contributed by atoms with Crippen LogP contribution >= 0.6 is 10.7 Å².